The first-order valence-corrected chi connectivity index (χ1v) is 19.0. The zero-order chi connectivity index (χ0) is 36.9. The summed E-state index contributed by atoms with van der Waals surface area (Å²) in [6, 6.07) is 32.3. The first-order valence-electron chi connectivity index (χ1n) is 17.4. The average Bonchev–Trinajstić information content (AvgIpc) is 4.12. The van der Waals surface area contributed by atoms with Crippen molar-refractivity contribution in [1.29, 1.82) is 0 Å². The van der Waals surface area contributed by atoms with Crippen LogP contribution in [-0.2, 0) is 10.8 Å². The topological polar surface area (TPSA) is 130 Å². The molecule has 0 N–H and O–H groups in total. The van der Waals surface area contributed by atoms with Crippen molar-refractivity contribution < 1.29 is 9.47 Å². The fourth-order valence-corrected chi connectivity index (χ4v) is 7.71. The van der Waals surface area contributed by atoms with Crippen LogP contribution in [0.4, 0.5) is 0 Å². The van der Waals surface area contributed by atoms with E-state index in [1.165, 1.54) is 11.1 Å². The Morgan fingerprint density at radius 3 is 1.61 bits per heavy atom. The lowest BCUT2D eigenvalue weighted by molar-refractivity contribution is 0.414. The van der Waals surface area contributed by atoms with Crippen LogP contribution in [0, 0.1) is 0 Å². The monoisotopic (exact) mass is 842 g/mol. The largest absolute Gasteiger partial charge is 0.497 e. The van der Waals surface area contributed by atoms with E-state index in [0.717, 1.165) is 80.3 Å². The van der Waals surface area contributed by atoms with Crippen LogP contribution in [0.2, 0.25) is 0 Å². The van der Waals surface area contributed by atoms with Crippen molar-refractivity contribution in [2.24, 2.45) is 0 Å². The van der Waals surface area contributed by atoms with Crippen LogP contribution in [0.1, 0.15) is 48.5 Å². The van der Waals surface area contributed by atoms with E-state index in [1.54, 1.807) is 35.6 Å². The van der Waals surface area contributed by atoms with Crippen molar-refractivity contribution in [2.75, 3.05) is 14.2 Å². The number of benzene rings is 4. The highest BCUT2D eigenvalue weighted by molar-refractivity contribution is 9.10. The van der Waals surface area contributed by atoms with Crippen LogP contribution in [0.3, 0.4) is 0 Å². The summed E-state index contributed by atoms with van der Waals surface area (Å²) in [5.41, 5.74) is 5.65. The quantitative estimate of drug-likeness (QED) is 0.148. The summed E-state index contributed by atoms with van der Waals surface area (Å²) < 4.78 is 16.1. The summed E-state index contributed by atoms with van der Waals surface area (Å²) in [6.07, 6.45) is 7.59. The van der Waals surface area contributed by atoms with Gasteiger partial charge in [0.1, 0.15) is 17.2 Å². The molecule has 12 nitrogen and oxygen atoms in total. The molecular formula is C40H32Br2N10O2. The van der Waals surface area contributed by atoms with Gasteiger partial charge in [-0.25, -0.2) is 9.97 Å². The van der Waals surface area contributed by atoms with E-state index in [1.807, 2.05) is 72.8 Å². The molecule has 4 aromatic carbocycles. The molecule has 2 fully saturated rings. The highest BCUT2D eigenvalue weighted by Gasteiger charge is 2.51. The first-order chi connectivity index (χ1) is 26.4. The van der Waals surface area contributed by atoms with Gasteiger partial charge < -0.3 is 9.47 Å². The van der Waals surface area contributed by atoms with Crippen LogP contribution in [-0.4, -0.2) is 63.8 Å². The van der Waals surface area contributed by atoms with Gasteiger partial charge in [-0.2, -0.15) is 19.2 Å². The number of aromatic nitrogens is 10. The maximum Gasteiger partial charge on any atom is 0.272 e. The maximum atomic E-state index is 5.28. The van der Waals surface area contributed by atoms with E-state index in [0.29, 0.717) is 11.6 Å². The Morgan fingerprint density at radius 1 is 0.574 bits per heavy atom. The molecule has 54 heavy (non-hydrogen) atoms. The zero-order valence-corrected chi connectivity index (χ0v) is 32.4. The van der Waals surface area contributed by atoms with E-state index in [2.05, 4.69) is 91.6 Å². The summed E-state index contributed by atoms with van der Waals surface area (Å²) in [7, 11) is 3.35. The summed E-state index contributed by atoms with van der Waals surface area (Å²) >= 11 is 7.00. The second kappa shape index (κ2) is 13.7. The molecule has 8 aromatic rings. The van der Waals surface area contributed by atoms with Gasteiger partial charge in [-0.05, 0) is 85.3 Å². The number of rotatable bonds is 8. The summed E-state index contributed by atoms with van der Waals surface area (Å²) in [5, 5.41) is 26.8. The van der Waals surface area contributed by atoms with Crippen molar-refractivity contribution in [3.05, 3.63) is 141 Å². The van der Waals surface area contributed by atoms with Crippen molar-refractivity contribution in [3.8, 4) is 34.0 Å². The third-order valence-corrected chi connectivity index (χ3v) is 11.1. The lowest BCUT2D eigenvalue weighted by Gasteiger charge is -2.14. The molecule has 0 bridgehead atoms. The van der Waals surface area contributed by atoms with Gasteiger partial charge in [0.05, 0.1) is 43.1 Å². The number of hydrogen-bond donors (Lipinski definition) is 0. The third-order valence-electron chi connectivity index (χ3n) is 10.2. The molecule has 0 amide bonds. The normalized spacial score (nSPS) is 15.0. The summed E-state index contributed by atoms with van der Waals surface area (Å²) in [5.74, 6) is 4.41. The SMILES string of the molecule is COc1ccc(C2(c3nnc4nc(-c5cccc(Br)c5)cnn34)CC2)cc1.COc1ccc(C2(c3nnc4ncc(-c5cccc(Br)c5)nn34)CC2)cc1. The van der Waals surface area contributed by atoms with E-state index in [-0.39, 0.29) is 10.8 Å². The van der Waals surface area contributed by atoms with Crippen molar-refractivity contribution in [2.45, 2.75) is 36.5 Å². The maximum absolute atomic E-state index is 5.28. The second-order valence-electron chi connectivity index (χ2n) is 13.4. The van der Waals surface area contributed by atoms with Gasteiger partial charge in [0.25, 0.3) is 11.6 Å². The fraction of sp³-hybridized carbons (Fsp3) is 0.200. The van der Waals surface area contributed by atoms with Crippen LogP contribution in [0.15, 0.2) is 118 Å². The van der Waals surface area contributed by atoms with Crippen LogP contribution in [0.25, 0.3) is 34.1 Å². The van der Waals surface area contributed by atoms with Crippen LogP contribution >= 0.6 is 31.9 Å². The molecule has 0 spiro atoms. The molecule has 2 aliphatic carbocycles. The second-order valence-corrected chi connectivity index (χ2v) is 15.2. The van der Waals surface area contributed by atoms with Crippen LogP contribution in [0.5, 0.6) is 11.5 Å². The minimum atomic E-state index is -0.156. The number of halogens is 2. The van der Waals surface area contributed by atoms with Gasteiger partial charge in [0.2, 0.25) is 0 Å². The third kappa shape index (κ3) is 6.18. The molecular weight excluding hydrogens is 812 g/mol. The Kier molecular flexibility index (Phi) is 8.65. The number of nitrogens with zero attached hydrogens (tertiary/aromatic N) is 10. The van der Waals surface area contributed by atoms with E-state index >= 15 is 0 Å². The van der Waals surface area contributed by atoms with Gasteiger partial charge in [0.15, 0.2) is 11.6 Å². The molecule has 2 aliphatic rings. The summed E-state index contributed by atoms with van der Waals surface area (Å²) in [6.45, 7) is 0. The van der Waals surface area contributed by atoms with E-state index < -0.39 is 0 Å². The number of ether oxygens (including phenoxy) is 2. The number of hydrogen-bond acceptors (Lipinski definition) is 10. The number of methoxy groups -OCH3 is 2. The zero-order valence-electron chi connectivity index (χ0n) is 29.3. The molecule has 0 radical (unpaired) electrons. The van der Waals surface area contributed by atoms with Gasteiger partial charge in [-0.1, -0.05) is 80.4 Å². The minimum Gasteiger partial charge on any atom is -0.497 e. The smallest absolute Gasteiger partial charge is 0.272 e. The Morgan fingerprint density at radius 2 is 1.09 bits per heavy atom. The lowest BCUT2D eigenvalue weighted by atomic mass is 9.95. The minimum absolute atomic E-state index is 0.141. The molecule has 2 saturated carbocycles. The standard InChI is InChI=1S/2C20H16BrN5O/c1-27-16-7-5-14(6-8-16)20(9-10-20)18-24-25-19-23-17(12-22-26(18)19)13-3-2-4-15(21)11-13;1-27-16-7-5-14(6-8-16)20(9-10-20)18-23-24-19-22-12-17(25-26(18)19)13-3-2-4-15(21)11-13/h2*2-8,11-12H,9-10H2,1H3. The van der Waals surface area contributed by atoms with E-state index in [4.69, 9.17) is 14.6 Å². The lowest BCUT2D eigenvalue weighted by Crippen LogP contribution is -2.15. The molecule has 0 unspecified atom stereocenters. The highest BCUT2D eigenvalue weighted by Crippen LogP contribution is 2.53. The highest BCUT2D eigenvalue weighted by atomic mass is 79.9. The molecule has 0 saturated heterocycles. The predicted octanol–water partition coefficient (Wildman–Crippen LogP) is 8.07. The average molecular weight is 845 g/mol. The van der Waals surface area contributed by atoms with Gasteiger partial charge in [-0.15, -0.1) is 20.4 Å². The molecule has 0 atom stereocenters. The fourth-order valence-electron chi connectivity index (χ4n) is 6.91. The molecule has 4 aromatic heterocycles. The Balaban J connectivity index is 0.000000142. The molecule has 0 aliphatic heterocycles. The van der Waals surface area contributed by atoms with Crippen molar-refractivity contribution >= 4 is 43.4 Å². The Labute approximate surface area is 326 Å². The van der Waals surface area contributed by atoms with Gasteiger partial charge >= 0.3 is 0 Å². The van der Waals surface area contributed by atoms with E-state index in [9.17, 15) is 0 Å². The Bertz CT molecular complexity index is 2640. The predicted molar refractivity (Wildman–Crippen MR) is 209 cm³/mol. The molecule has 14 heteroatoms. The summed E-state index contributed by atoms with van der Waals surface area (Å²) in [4.78, 5) is 9.12. The molecule has 268 valence electrons. The molecule has 4 heterocycles. The van der Waals surface area contributed by atoms with Crippen molar-refractivity contribution in [3.63, 3.8) is 0 Å². The van der Waals surface area contributed by atoms with Crippen LogP contribution < -0.4 is 9.47 Å². The van der Waals surface area contributed by atoms with Crippen molar-refractivity contribution in [1.82, 2.24) is 49.6 Å². The van der Waals surface area contributed by atoms with Gasteiger partial charge in [0, 0.05) is 20.1 Å². The van der Waals surface area contributed by atoms with Gasteiger partial charge in [-0.3, -0.25) is 0 Å². The first kappa shape index (κ1) is 34.2. The number of fused-ring (bicyclic) bond motifs is 2. The molecule has 10 rings (SSSR count). The Hall–Kier alpha value is -5.60.